The topological polar surface area (TPSA) is 92.5 Å². The van der Waals surface area contributed by atoms with Crippen molar-refractivity contribution < 1.29 is 13.2 Å². The van der Waals surface area contributed by atoms with Crippen LogP contribution in [0.1, 0.15) is 24.0 Å². The SMILES string of the molecule is Cc1cc(N)c(S(=O)(=O)NC2CCC(=O)N(C)C2)cc1C. The normalized spacial score (nSPS) is 19.9. The third kappa shape index (κ3) is 3.36. The van der Waals surface area contributed by atoms with Crippen molar-refractivity contribution in [3.63, 3.8) is 0 Å². The zero-order chi connectivity index (χ0) is 15.8. The maximum absolute atomic E-state index is 12.5. The Morgan fingerprint density at radius 2 is 1.90 bits per heavy atom. The van der Waals surface area contributed by atoms with Gasteiger partial charge in [-0.05, 0) is 43.5 Å². The van der Waals surface area contributed by atoms with Gasteiger partial charge in [-0.3, -0.25) is 4.79 Å². The van der Waals surface area contributed by atoms with Crippen molar-refractivity contribution in [2.45, 2.75) is 37.6 Å². The Kier molecular flexibility index (Phi) is 4.25. The molecule has 0 radical (unpaired) electrons. The number of aryl methyl sites for hydroxylation is 2. The van der Waals surface area contributed by atoms with Gasteiger partial charge in [0.15, 0.2) is 0 Å². The summed E-state index contributed by atoms with van der Waals surface area (Å²) >= 11 is 0. The molecule has 1 aromatic carbocycles. The van der Waals surface area contributed by atoms with Crippen molar-refractivity contribution in [3.8, 4) is 0 Å². The highest BCUT2D eigenvalue weighted by molar-refractivity contribution is 7.89. The predicted octanol–water partition coefficient (Wildman–Crippen LogP) is 0.785. The van der Waals surface area contributed by atoms with Gasteiger partial charge in [-0.15, -0.1) is 0 Å². The van der Waals surface area contributed by atoms with Gasteiger partial charge in [-0.25, -0.2) is 13.1 Å². The van der Waals surface area contributed by atoms with Crippen LogP contribution in [-0.2, 0) is 14.8 Å². The summed E-state index contributed by atoms with van der Waals surface area (Å²) in [5.74, 6) is 0.0381. The molecule has 0 aromatic heterocycles. The summed E-state index contributed by atoms with van der Waals surface area (Å²) in [7, 11) is -2.01. The number of likely N-dealkylation sites (N-methyl/N-ethyl adjacent to an activating group) is 1. The third-order valence-corrected chi connectivity index (χ3v) is 5.44. The summed E-state index contributed by atoms with van der Waals surface area (Å²) in [5.41, 5.74) is 7.92. The molecule has 1 aliphatic rings. The van der Waals surface area contributed by atoms with Gasteiger partial charge in [0.25, 0.3) is 0 Å². The van der Waals surface area contributed by atoms with E-state index < -0.39 is 10.0 Å². The summed E-state index contributed by atoms with van der Waals surface area (Å²) in [4.78, 5) is 13.1. The molecule has 1 aromatic rings. The summed E-state index contributed by atoms with van der Waals surface area (Å²) in [5, 5.41) is 0. The molecule has 116 valence electrons. The number of rotatable bonds is 3. The molecule has 0 saturated carbocycles. The van der Waals surface area contributed by atoms with E-state index in [0.717, 1.165) is 11.1 Å². The monoisotopic (exact) mass is 311 g/mol. The zero-order valence-corrected chi connectivity index (χ0v) is 13.3. The molecule has 1 amide bonds. The van der Waals surface area contributed by atoms with Crippen molar-refractivity contribution in [3.05, 3.63) is 23.3 Å². The van der Waals surface area contributed by atoms with E-state index >= 15 is 0 Å². The van der Waals surface area contributed by atoms with E-state index in [1.54, 1.807) is 24.1 Å². The van der Waals surface area contributed by atoms with Gasteiger partial charge in [0.05, 0.1) is 5.69 Å². The molecule has 1 fully saturated rings. The number of nitrogens with two attached hydrogens (primary N) is 1. The average molecular weight is 311 g/mol. The highest BCUT2D eigenvalue weighted by atomic mass is 32.2. The smallest absolute Gasteiger partial charge is 0.242 e. The van der Waals surface area contributed by atoms with E-state index in [1.807, 2.05) is 13.8 Å². The lowest BCUT2D eigenvalue weighted by Gasteiger charge is -2.30. The molecule has 1 unspecified atom stereocenters. The molecular formula is C14H21N3O3S. The van der Waals surface area contributed by atoms with Crippen molar-refractivity contribution in [1.29, 1.82) is 0 Å². The van der Waals surface area contributed by atoms with Gasteiger partial charge in [0.1, 0.15) is 4.90 Å². The predicted molar refractivity (Wildman–Crippen MR) is 81.3 cm³/mol. The largest absolute Gasteiger partial charge is 0.398 e. The summed E-state index contributed by atoms with van der Waals surface area (Å²) in [6.45, 7) is 4.11. The number of nitrogens with one attached hydrogen (secondary N) is 1. The van der Waals surface area contributed by atoms with Crippen LogP contribution in [0.4, 0.5) is 5.69 Å². The number of hydrogen-bond donors (Lipinski definition) is 2. The second kappa shape index (κ2) is 5.65. The molecule has 2 rings (SSSR count). The summed E-state index contributed by atoms with van der Waals surface area (Å²) in [6.07, 6.45) is 0.860. The number of carbonyl (C=O) groups excluding carboxylic acids is 1. The number of anilines is 1. The third-order valence-electron chi connectivity index (χ3n) is 3.86. The molecule has 21 heavy (non-hydrogen) atoms. The highest BCUT2D eigenvalue weighted by Gasteiger charge is 2.28. The average Bonchev–Trinajstić information content (AvgIpc) is 2.37. The molecule has 1 saturated heterocycles. The first-order chi connectivity index (χ1) is 9.70. The Balaban J connectivity index is 2.23. The maximum Gasteiger partial charge on any atom is 0.242 e. The lowest BCUT2D eigenvalue weighted by Crippen LogP contribution is -2.48. The summed E-state index contributed by atoms with van der Waals surface area (Å²) < 4.78 is 27.6. The van der Waals surface area contributed by atoms with E-state index in [0.29, 0.717) is 19.4 Å². The van der Waals surface area contributed by atoms with Crippen molar-refractivity contribution in [1.82, 2.24) is 9.62 Å². The second-order valence-corrected chi connectivity index (χ2v) is 7.29. The molecule has 1 aliphatic heterocycles. The maximum atomic E-state index is 12.5. The quantitative estimate of drug-likeness (QED) is 0.807. The molecule has 0 spiro atoms. The van der Waals surface area contributed by atoms with E-state index in [2.05, 4.69) is 4.72 Å². The fourth-order valence-electron chi connectivity index (χ4n) is 2.44. The second-order valence-electron chi connectivity index (χ2n) is 5.61. The van der Waals surface area contributed by atoms with E-state index in [9.17, 15) is 13.2 Å². The lowest BCUT2D eigenvalue weighted by molar-refractivity contribution is -0.132. The zero-order valence-electron chi connectivity index (χ0n) is 12.5. The molecule has 1 atom stereocenters. The number of sulfonamides is 1. The van der Waals surface area contributed by atoms with E-state index in [1.165, 1.54) is 0 Å². The Hall–Kier alpha value is -1.60. The number of likely N-dealkylation sites (tertiary alicyclic amines) is 1. The van der Waals surface area contributed by atoms with Gasteiger partial charge in [-0.2, -0.15) is 0 Å². The highest BCUT2D eigenvalue weighted by Crippen LogP contribution is 2.23. The van der Waals surface area contributed by atoms with Crippen LogP contribution in [-0.4, -0.2) is 38.9 Å². The number of carbonyl (C=O) groups is 1. The van der Waals surface area contributed by atoms with E-state index in [-0.39, 0.29) is 22.5 Å². The first-order valence-electron chi connectivity index (χ1n) is 6.83. The standard InChI is InChI=1S/C14H21N3O3S/c1-9-6-12(15)13(7-10(9)2)21(19,20)16-11-4-5-14(18)17(3)8-11/h6-7,11,16H,4-5,8,15H2,1-3H3. The van der Waals surface area contributed by atoms with E-state index in [4.69, 9.17) is 5.73 Å². The minimum Gasteiger partial charge on any atom is -0.398 e. The van der Waals surface area contributed by atoms with Crippen LogP contribution >= 0.6 is 0 Å². The lowest BCUT2D eigenvalue weighted by atomic mass is 10.1. The van der Waals surface area contributed by atoms with Crippen LogP contribution < -0.4 is 10.5 Å². The number of nitrogen functional groups attached to an aromatic ring is 1. The Morgan fingerprint density at radius 3 is 2.52 bits per heavy atom. The fraction of sp³-hybridized carbons (Fsp3) is 0.500. The van der Waals surface area contributed by atoms with Gasteiger partial charge in [0.2, 0.25) is 15.9 Å². The number of hydrogen-bond acceptors (Lipinski definition) is 4. The van der Waals surface area contributed by atoms with Crippen molar-refractivity contribution in [2.24, 2.45) is 0 Å². The fourth-order valence-corrected chi connectivity index (χ4v) is 3.90. The number of benzene rings is 1. The minimum atomic E-state index is -3.68. The molecule has 0 bridgehead atoms. The molecule has 3 N–H and O–H groups in total. The molecule has 1 heterocycles. The first kappa shape index (κ1) is 15.8. The van der Waals surface area contributed by atoms with Crippen LogP contribution in [0.5, 0.6) is 0 Å². The Labute approximate surface area is 125 Å². The number of amides is 1. The Morgan fingerprint density at radius 1 is 1.29 bits per heavy atom. The molecule has 6 nitrogen and oxygen atoms in total. The van der Waals surface area contributed by atoms with Gasteiger partial charge in [-0.1, -0.05) is 0 Å². The van der Waals surface area contributed by atoms with Crippen molar-refractivity contribution >= 4 is 21.6 Å². The van der Waals surface area contributed by atoms with Crippen LogP contribution in [0.15, 0.2) is 17.0 Å². The number of nitrogens with zero attached hydrogens (tertiary/aromatic N) is 1. The summed E-state index contributed by atoms with van der Waals surface area (Å²) in [6, 6.07) is 2.98. The van der Waals surface area contributed by atoms with Crippen LogP contribution in [0.3, 0.4) is 0 Å². The molecule has 0 aliphatic carbocycles. The first-order valence-corrected chi connectivity index (χ1v) is 8.32. The van der Waals surface area contributed by atoms with Crippen LogP contribution in [0.25, 0.3) is 0 Å². The van der Waals surface area contributed by atoms with Gasteiger partial charge < -0.3 is 10.6 Å². The van der Waals surface area contributed by atoms with Gasteiger partial charge >= 0.3 is 0 Å². The Bertz CT molecular complexity index is 670. The molecule has 7 heteroatoms. The molecular weight excluding hydrogens is 290 g/mol. The van der Waals surface area contributed by atoms with Crippen LogP contribution in [0.2, 0.25) is 0 Å². The van der Waals surface area contributed by atoms with Crippen molar-refractivity contribution in [2.75, 3.05) is 19.3 Å². The number of piperidine rings is 1. The van der Waals surface area contributed by atoms with Gasteiger partial charge in [0, 0.05) is 26.1 Å². The van der Waals surface area contributed by atoms with Crippen LogP contribution in [0, 0.1) is 13.8 Å². The minimum absolute atomic E-state index is 0.0381.